The number of carbonyl (C=O) groups is 2. The molecule has 1 N–H and O–H groups in total. The molecule has 0 saturated carbocycles. The quantitative estimate of drug-likeness (QED) is 0.852. The van der Waals surface area contributed by atoms with Gasteiger partial charge >= 0.3 is 0 Å². The van der Waals surface area contributed by atoms with Gasteiger partial charge in [-0.1, -0.05) is 48.5 Å². The Kier molecular flexibility index (Phi) is 2.88. The van der Waals surface area contributed by atoms with E-state index in [1.54, 1.807) is 12.1 Å². The first kappa shape index (κ1) is 11.7. The van der Waals surface area contributed by atoms with Crippen LogP contribution in [0.2, 0.25) is 0 Å². The number of benzene rings is 2. The maximum atomic E-state index is 12.2. The molecule has 1 atom stereocenters. The van der Waals surface area contributed by atoms with E-state index in [0.717, 1.165) is 11.3 Å². The standard InChI is InChI=1S/C16H13NO2/c18-15(11-6-2-1-3-7-11)10-13-12-8-4-5-9-14(12)17-16(13)19/h1-9,13H,10H2,(H,17,19)/t13-/m0/s1. The van der Waals surface area contributed by atoms with Gasteiger partial charge in [-0.15, -0.1) is 0 Å². The van der Waals surface area contributed by atoms with Crippen LogP contribution < -0.4 is 5.32 Å². The van der Waals surface area contributed by atoms with Gasteiger partial charge in [0.15, 0.2) is 5.78 Å². The number of hydrogen-bond acceptors (Lipinski definition) is 2. The van der Waals surface area contributed by atoms with E-state index in [1.807, 2.05) is 42.5 Å². The fourth-order valence-electron chi connectivity index (χ4n) is 2.41. The van der Waals surface area contributed by atoms with Crippen LogP contribution in [0.4, 0.5) is 5.69 Å². The van der Waals surface area contributed by atoms with Crippen LogP contribution in [0.1, 0.15) is 28.3 Å². The molecule has 1 aliphatic rings. The summed E-state index contributed by atoms with van der Waals surface area (Å²) in [6.45, 7) is 0. The second-order valence-electron chi connectivity index (χ2n) is 4.62. The maximum Gasteiger partial charge on any atom is 0.232 e. The van der Waals surface area contributed by atoms with Crippen LogP contribution in [-0.4, -0.2) is 11.7 Å². The number of amides is 1. The molecular weight excluding hydrogens is 238 g/mol. The van der Waals surface area contributed by atoms with Gasteiger partial charge < -0.3 is 5.32 Å². The molecule has 0 radical (unpaired) electrons. The first-order chi connectivity index (χ1) is 9.25. The van der Waals surface area contributed by atoms with E-state index in [9.17, 15) is 9.59 Å². The minimum atomic E-state index is -0.371. The smallest absolute Gasteiger partial charge is 0.232 e. The van der Waals surface area contributed by atoms with Gasteiger partial charge in [-0.2, -0.15) is 0 Å². The summed E-state index contributed by atoms with van der Waals surface area (Å²) in [5, 5.41) is 2.81. The van der Waals surface area contributed by atoms with Crippen molar-refractivity contribution in [3.05, 3.63) is 65.7 Å². The van der Waals surface area contributed by atoms with E-state index in [1.165, 1.54) is 0 Å². The lowest BCUT2D eigenvalue weighted by Gasteiger charge is -2.07. The summed E-state index contributed by atoms with van der Waals surface area (Å²) in [7, 11) is 0. The molecule has 94 valence electrons. The van der Waals surface area contributed by atoms with E-state index < -0.39 is 0 Å². The highest BCUT2D eigenvalue weighted by Gasteiger charge is 2.31. The zero-order chi connectivity index (χ0) is 13.2. The Morgan fingerprint density at radius 1 is 1.00 bits per heavy atom. The van der Waals surface area contributed by atoms with Crippen LogP contribution in [0.3, 0.4) is 0 Å². The van der Waals surface area contributed by atoms with Crippen molar-refractivity contribution in [2.45, 2.75) is 12.3 Å². The van der Waals surface area contributed by atoms with E-state index in [2.05, 4.69) is 5.32 Å². The molecule has 3 heteroatoms. The minimum Gasteiger partial charge on any atom is -0.325 e. The van der Waals surface area contributed by atoms with Gasteiger partial charge in [-0.3, -0.25) is 9.59 Å². The highest BCUT2D eigenvalue weighted by molar-refractivity contribution is 6.07. The Morgan fingerprint density at radius 2 is 1.68 bits per heavy atom. The molecular formula is C16H13NO2. The molecule has 3 nitrogen and oxygen atoms in total. The number of anilines is 1. The fourth-order valence-corrected chi connectivity index (χ4v) is 2.41. The third kappa shape index (κ3) is 2.15. The lowest BCUT2D eigenvalue weighted by Crippen LogP contribution is -2.16. The molecule has 1 aliphatic heterocycles. The van der Waals surface area contributed by atoms with Gasteiger partial charge in [-0.05, 0) is 11.6 Å². The summed E-state index contributed by atoms with van der Waals surface area (Å²) in [6.07, 6.45) is 0.215. The average molecular weight is 251 g/mol. The van der Waals surface area contributed by atoms with Crippen molar-refractivity contribution in [2.24, 2.45) is 0 Å². The summed E-state index contributed by atoms with van der Waals surface area (Å²) < 4.78 is 0. The first-order valence-electron chi connectivity index (χ1n) is 6.24. The number of carbonyl (C=O) groups excluding carboxylic acids is 2. The molecule has 1 heterocycles. The minimum absolute atomic E-state index is 0.00236. The molecule has 2 aromatic rings. The Morgan fingerprint density at radius 3 is 2.47 bits per heavy atom. The van der Waals surface area contributed by atoms with Crippen LogP contribution in [0.15, 0.2) is 54.6 Å². The van der Waals surface area contributed by atoms with E-state index in [-0.39, 0.29) is 24.0 Å². The molecule has 19 heavy (non-hydrogen) atoms. The third-order valence-corrected chi connectivity index (χ3v) is 3.40. The van der Waals surface area contributed by atoms with Crippen LogP contribution in [0, 0.1) is 0 Å². The number of Topliss-reactive ketones (excluding diaryl/α,β-unsaturated/α-hetero) is 1. The molecule has 0 unspecified atom stereocenters. The van der Waals surface area contributed by atoms with Crippen molar-refractivity contribution in [2.75, 3.05) is 5.32 Å². The van der Waals surface area contributed by atoms with Crippen LogP contribution in [0.5, 0.6) is 0 Å². The predicted molar refractivity (Wildman–Crippen MR) is 73.2 cm³/mol. The zero-order valence-electron chi connectivity index (χ0n) is 10.3. The van der Waals surface area contributed by atoms with Crippen LogP contribution >= 0.6 is 0 Å². The molecule has 0 saturated heterocycles. The van der Waals surface area contributed by atoms with Gasteiger partial charge in [0.1, 0.15) is 0 Å². The van der Waals surface area contributed by atoms with Crippen molar-refractivity contribution in [1.29, 1.82) is 0 Å². The van der Waals surface area contributed by atoms with Gasteiger partial charge in [0.05, 0.1) is 5.92 Å². The average Bonchev–Trinajstić information content (AvgIpc) is 2.76. The van der Waals surface area contributed by atoms with Crippen molar-refractivity contribution in [3.63, 3.8) is 0 Å². The number of nitrogens with one attached hydrogen (secondary N) is 1. The Labute approximate surface area is 111 Å². The number of hydrogen-bond donors (Lipinski definition) is 1. The van der Waals surface area contributed by atoms with Crippen molar-refractivity contribution in [1.82, 2.24) is 0 Å². The van der Waals surface area contributed by atoms with Gasteiger partial charge in [0, 0.05) is 17.7 Å². The molecule has 0 bridgehead atoms. The predicted octanol–water partition coefficient (Wildman–Crippen LogP) is 3.00. The second-order valence-corrected chi connectivity index (χ2v) is 4.62. The molecule has 0 aromatic heterocycles. The summed E-state index contributed by atoms with van der Waals surface area (Å²) in [5.41, 5.74) is 2.38. The number of ketones is 1. The molecule has 3 rings (SSSR count). The van der Waals surface area contributed by atoms with Gasteiger partial charge in [0.2, 0.25) is 5.91 Å². The van der Waals surface area contributed by atoms with Crippen molar-refractivity contribution < 1.29 is 9.59 Å². The molecule has 2 aromatic carbocycles. The van der Waals surface area contributed by atoms with E-state index in [0.29, 0.717) is 5.56 Å². The van der Waals surface area contributed by atoms with Crippen LogP contribution in [0.25, 0.3) is 0 Å². The number of rotatable bonds is 3. The summed E-state index contributed by atoms with van der Waals surface area (Å²) >= 11 is 0. The van der Waals surface area contributed by atoms with E-state index in [4.69, 9.17) is 0 Å². The Balaban J connectivity index is 1.85. The Hall–Kier alpha value is -2.42. The van der Waals surface area contributed by atoms with E-state index >= 15 is 0 Å². The fraction of sp³-hybridized carbons (Fsp3) is 0.125. The summed E-state index contributed by atoms with van der Waals surface area (Å²) in [5.74, 6) is -0.466. The van der Waals surface area contributed by atoms with Crippen molar-refractivity contribution in [3.8, 4) is 0 Å². The highest BCUT2D eigenvalue weighted by Crippen LogP contribution is 2.34. The summed E-state index contributed by atoms with van der Waals surface area (Å²) in [4.78, 5) is 24.1. The molecule has 0 aliphatic carbocycles. The van der Waals surface area contributed by atoms with Crippen LogP contribution in [-0.2, 0) is 4.79 Å². The topological polar surface area (TPSA) is 46.2 Å². The molecule has 0 fully saturated rings. The largest absolute Gasteiger partial charge is 0.325 e. The first-order valence-corrected chi connectivity index (χ1v) is 6.24. The maximum absolute atomic E-state index is 12.2. The van der Waals surface area contributed by atoms with Gasteiger partial charge in [-0.25, -0.2) is 0 Å². The molecule has 1 amide bonds. The normalized spacial score (nSPS) is 16.8. The number of fused-ring (bicyclic) bond motifs is 1. The SMILES string of the molecule is O=C(C[C@@H]1C(=O)Nc2ccccc21)c1ccccc1. The third-order valence-electron chi connectivity index (χ3n) is 3.40. The highest BCUT2D eigenvalue weighted by atomic mass is 16.2. The monoisotopic (exact) mass is 251 g/mol. The second kappa shape index (κ2) is 4.69. The molecule has 0 spiro atoms. The zero-order valence-corrected chi connectivity index (χ0v) is 10.3. The number of para-hydroxylation sites is 1. The Bertz CT molecular complexity index is 634. The summed E-state index contributed by atoms with van der Waals surface area (Å²) in [6, 6.07) is 16.6. The lowest BCUT2D eigenvalue weighted by atomic mass is 9.93. The van der Waals surface area contributed by atoms with Gasteiger partial charge in [0.25, 0.3) is 0 Å². The van der Waals surface area contributed by atoms with Crippen molar-refractivity contribution >= 4 is 17.4 Å². The lowest BCUT2D eigenvalue weighted by molar-refractivity contribution is -0.117.